The smallest absolute Gasteiger partial charge is 0.294 e. The van der Waals surface area contributed by atoms with E-state index < -0.39 is 28.1 Å². The average Bonchev–Trinajstić information content (AvgIpc) is 2.14. The van der Waals surface area contributed by atoms with Gasteiger partial charge in [-0.05, 0) is 35.6 Å². The standard InChI is InChI=1S/C9H5F3INO3/c1-4(15)5-2-8(14(16)17)6(3-7(5)13)9(10,11)12/h2-3H,1H3. The fourth-order valence-corrected chi connectivity index (χ4v) is 2.06. The normalized spacial score (nSPS) is 11.4. The molecular formula is C9H5F3INO3. The summed E-state index contributed by atoms with van der Waals surface area (Å²) in [5, 5.41) is 10.5. The minimum atomic E-state index is -4.82. The van der Waals surface area contributed by atoms with Gasteiger partial charge in [0.15, 0.2) is 5.78 Å². The molecule has 0 aliphatic rings. The lowest BCUT2D eigenvalue weighted by molar-refractivity contribution is -0.388. The Morgan fingerprint density at radius 3 is 2.29 bits per heavy atom. The van der Waals surface area contributed by atoms with Gasteiger partial charge < -0.3 is 0 Å². The first kappa shape index (κ1) is 13.9. The van der Waals surface area contributed by atoms with Crippen molar-refractivity contribution in [2.45, 2.75) is 13.1 Å². The predicted octanol–water partition coefficient (Wildman–Crippen LogP) is 3.42. The van der Waals surface area contributed by atoms with Crippen LogP contribution in [-0.4, -0.2) is 10.7 Å². The molecule has 1 rings (SSSR count). The number of nitrogens with zero attached hydrogens (tertiary/aromatic N) is 1. The summed E-state index contributed by atoms with van der Waals surface area (Å²) in [5.41, 5.74) is -2.55. The minimum absolute atomic E-state index is 0.0352. The highest BCUT2D eigenvalue weighted by atomic mass is 127. The zero-order chi connectivity index (χ0) is 13.4. The molecule has 8 heteroatoms. The Labute approximate surface area is 107 Å². The molecule has 1 aromatic carbocycles. The van der Waals surface area contributed by atoms with Crippen molar-refractivity contribution in [3.8, 4) is 0 Å². The molecule has 0 amide bonds. The topological polar surface area (TPSA) is 60.2 Å². The van der Waals surface area contributed by atoms with Crippen molar-refractivity contribution < 1.29 is 22.9 Å². The van der Waals surface area contributed by atoms with E-state index in [1.165, 1.54) is 22.6 Å². The van der Waals surface area contributed by atoms with Crippen LogP contribution in [0.15, 0.2) is 12.1 Å². The molecule has 17 heavy (non-hydrogen) atoms. The molecule has 0 N–H and O–H groups in total. The number of hydrogen-bond acceptors (Lipinski definition) is 3. The number of nitro benzene ring substituents is 1. The molecule has 92 valence electrons. The van der Waals surface area contributed by atoms with Crippen molar-refractivity contribution in [2.75, 3.05) is 0 Å². The lowest BCUT2D eigenvalue weighted by Crippen LogP contribution is -2.11. The zero-order valence-electron chi connectivity index (χ0n) is 8.34. The monoisotopic (exact) mass is 359 g/mol. The largest absolute Gasteiger partial charge is 0.423 e. The quantitative estimate of drug-likeness (QED) is 0.352. The van der Waals surface area contributed by atoms with Gasteiger partial charge in [0.25, 0.3) is 5.69 Å². The molecule has 0 heterocycles. The van der Waals surface area contributed by atoms with Crippen LogP contribution in [0.1, 0.15) is 22.8 Å². The van der Waals surface area contributed by atoms with Crippen LogP contribution >= 0.6 is 22.6 Å². The number of alkyl halides is 3. The van der Waals surface area contributed by atoms with Gasteiger partial charge in [-0.1, -0.05) is 0 Å². The third kappa shape index (κ3) is 2.93. The Bertz CT molecular complexity index is 499. The molecule has 1 aromatic rings. The fraction of sp³-hybridized carbons (Fsp3) is 0.222. The Morgan fingerprint density at radius 2 is 1.94 bits per heavy atom. The molecule has 0 bridgehead atoms. The Balaban J connectivity index is 3.58. The molecule has 0 fully saturated rings. The van der Waals surface area contributed by atoms with Gasteiger partial charge in [-0.2, -0.15) is 13.2 Å². The van der Waals surface area contributed by atoms with E-state index in [0.717, 1.165) is 6.92 Å². The highest BCUT2D eigenvalue weighted by Gasteiger charge is 2.39. The zero-order valence-corrected chi connectivity index (χ0v) is 10.5. The molecule has 0 saturated carbocycles. The third-order valence-electron chi connectivity index (χ3n) is 1.97. The molecule has 0 saturated heterocycles. The van der Waals surface area contributed by atoms with Crippen LogP contribution in [0.5, 0.6) is 0 Å². The molecule has 0 radical (unpaired) electrons. The van der Waals surface area contributed by atoms with Crippen LogP contribution in [0, 0.1) is 13.7 Å². The summed E-state index contributed by atoms with van der Waals surface area (Å²) in [6.45, 7) is 1.13. The summed E-state index contributed by atoms with van der Waals surface area (Å²) >= 11 is 1.54. The summed E-state index contributed by atoms with van der Waals surface area (Å²) in [7, 11) is 0. The van der Waals surface area contributed by atoms with Crippen LogP contribution in [0.25, 0.3) is 0 Å². The number of rotatable bonds is 2. The van der Waals surface area contributed by atoms with Crippen molar-refractivity contribution in [2.24, 2.45) is 0 Å². The molecule has 0 unspecified atom stereocenters. The van der Waals surface area contributed by atoms with E-state index in [0.29, 0.717) is 12.1 Å². The van der Waals surface area contributed by atoms with Crippen molar-refractivity contribution in [3.63, 3.8) is 0 Å². The van der Waals surface area contributed by atoms with Gasteiger partial charge in [0, 0.05) is 15.2 Å². The van der Waals surface area contributed by atoms with Crippen LogP contribution in [-0.2, 0) is 6.18 Å². The maximum atomic E-state index is 12.5. The number of carbonyl (C=O) groups is 1. The van der Waals surface area contributed by atoms with Crippen molar-refractivity contribution >= 4 is 34.1 Å². The molecule has 4 nitrogen and oxygen atoms in total. The molecular weight excluding hydrogens is 354 g/mol. The Hall–Kier alpha value is -1.19. The summed E-state index contributed by atoms with van der Waals surface area (Å²) < 4.78 is 37.6. The van der Waals surface area contributed by atoms with E-state index in [9.17, 15) is 28.1 Å². The highest BCUT2D eigenvalue weighted by Crippen LogP contribution is 2.38. The average molecular weight is 359 g/mol. The third-order valence-corrected chi connectivity index (χ3v) is 2.86. The molecule has 0 atom stereocenters. The second-order valence-corrected chi connectivity index (χ2v) is 4.32. The van der Waals surface area contributed by atoms with Crippen molar-refractivity contribution in [3.05, 3.63) is 36.9 Å². The predicted molar refractivity (Wildman–Crippen MR) is 60.8 cm³/mol. The van der Waals surface area contributed by atoms with Gasteiger partial charge in [0.05, 0.1) is 4.92 Å². The van der Waals surface area contributed by atoms with E-state index >= 15 is 0 Å². The maximum Gasteiger partial charge on any atom is 0.423 e. The summed E-state index contributed by atoms with van der Waals surface area (Å²) in [5.74, 6) is -0.522. The first-order valence-corrected chi connectivity index (χ1v) is 5.28. The van der Waals surface area contributed by atoms with Crippen LogP contribution < -0.4 is 0 Å². The van der Waals surface area contributed by atoms with Gasteiger partial charge in [-0.3, -0.25) is 14.9 Å². The molecule has 0 aliphatic heterocycles. The number of hydrogen-bond donors (Lipinski definition) is 0. The SMILES string of the molecule is CC(=O)c1cc([N+](=O)[O-])c(C(F)(F)F)cc1I. The van der Waals surface area contributed by atoms with Gasteiger partial charge >= 0.3 is 6.18 Å². The molecule has 0 aliphatic carbocycles. The number of nitro groups is 1. The minimum Gasteiger partial charge on any atom is -0.294 e. The van der Waals surface area contributed by atoms with Gasteiger partial charge in [-0.25, -0.2) is 0 Å². The van der Waals surface area contributed by atoms with E-state index in [4.69, 9.17) is 0 Å². The first-order valence-electron chi connectivity index (χ1n) is 4.20. The van der Waals surface area contributed by atoms with E-state index in [2.05, 4.69) is 0 Å². The van der Waals surface area contributed by atoms with Crippen LogP contribution in [0.3, 0.4) is 0 Å². The molecule has 0 aromatic heterocycles. The Kier molecular flexibility index (Phi) is 3.74. The maximum absolute atomic E-state index is 12.5. The van der Waals surface area contributed by atoms with E-state index in [-0.39, 0.29) is 9.13 Å². The summed E-state index contributed by atoms with van der Waals surface area (Å²) in [4.78, 5) is 20.5. The number of halogens is 4. The Morgan fingerprint density at radius 1 is 1.41 bits per heavy atom. The van der Waals surface area contributed by atoms with Crippen molar-refractivity contribution in [1.82, 2.24) is 0 Å². The fourth-order valence-electron chi connectivity index (χ4n) is 1.21. The number of benzene rings is 1. The van der Waals surface area contributed by atoms with E-state index in [1.807, 2.05) is 0 Å². The second kappa shape index (κ2) is 4.59. The lowest BCUT2D eigenvalue weighted by Gasteiger charge is -2.09. The summed E-state index contributed by atoms with van der Waals surface area (Å²) in [6.07, 6.45) is -4.82. The number of carbonyl (C=O) groups excluding carboxylic acids is 1. The van der Waals surface area contributed by atoms with Gasteiger partial charge in [0.1, 0.15) is 5.56 Å². The number of Topliss-reactive ketones (excluding diaryl/α,β-unsaturated/α-hetero) is 1. The lowest BCUT2D eigenvalue weighted by atomic mass is 10.1. The number of ketones is 1. The summed E-state index contributed by atoms with van der Waals surface area (Å²) in [6, 6.07) is 1.27. The van der Waals surface area contributed by atoms with E-state index in [1.54, 1.807) is 0 Å². The second-order valence-electron chi connectivity index (χ2n) is 3.16. The van der Waals surface area contributed by atoms with Gasteiger partial charge in [0.2, 0.25) is 0 Å². The van der Waals surface area contributed by atoms with Gasteiger partial charge in [-0.15, -0.1) is 0 Å². The van der Waals surface area contributed by atoms with Crippen LogP contribution in [0.2, 0.25) is 0 Å². The highest BCUT2D eigenvalue weighted by molar-refractivity contribution is 14.1. The van der Waals surface area contributed by atoms with Crippen molar-refractivity contribution in [1.29, 1.82) is 0 Å². The first-order chi connectivity index (χ1) is 7.64. The van der Waals surface area contributed by atoms with Crippen LogP contribution in [0.4, 0.5) is 18.9 Å². The molecule has 0 spiro atoms.